The highest BCUT2D eigenvalue weighted by molar-refractivity contribution is 5.76. The molecule has 2 rings (SSSR count). The number of hydrogen-bond acceptors (Lipinski definition) is 5. The van der Waals surface area contributed by atoms with Crippen molar-refractivity contribution in [3.63, 3.8) is 0 Å². The van der Waals surface area contributed by atoms with Crippen LogP contribution in [-0.4, -0.2) is 40.9 Å². The third kappa shape index (κ3) is 3.16. The second-order valence-corrected chi connectivity index (χ2v) is 4.60. The lowest BCUT2D eigenvalue weighted by molar-refractivity contribution is -0.123. The van der Waals surface area contributed by atoms with Gasteiger partial charge in [-0.2, -0.15) is 0 Å². The molecule has 1 aliphatic rings. The largest absolute Gasteiger partial charge is 0.372 e. The number of carbonyl (C=O) groups excluding carboxylic acids is 1. The predicted molar refractivity (Wildman–Crippen MR) is 68.8 cm³/mol. The molecule has 3 N–H and O–H groups in total. The maximum absolute atomic E-state index is 11.1. The number of nitrogens with zero attached hydrogens (tertiary/aromatic N) is 3. The van der Waals surface area contributed by atoms with Crippen molar-refractivity contribution in [3.05, 3.63) is 18.1 Å². The maximum atomic E-state index is 11.1. The van der Waals surface area contributed by atoms with Gasteiger partial charge in [0.25, 0.3) is 0 Å². The van der Waals surface area contributed by atoms with Crippen LogP contribution in [0.25, 0.3) is 0 Å². The number of aromatic nitrogens is 2. The van der Waals surface area contributed by atoms with E-state index in [1.165, 1.54) is 0 Å². The zero-order chi connectivity index (χ0) is 13.0. The second-order valence-electron chi connectivity index (χ2n) is 4.60. The van der Waals surface area contributed by atoms with Gasteiger partial charge in [0.2, 0.25) is 5.91 Å². The van der Waals surface area contributed by atoms with Crippen molar-refractivity contribution in [2.45, 2.75) is 19.4 Å². The van der Waals surface area contributed by atoms with E-state index in [4.69, 9.17) is 5.73 Å². The van der Waals surface area contributed by atoms with Crippen molar-refractivity contribution < 1.29 is 4.79 Å². The van der Waals surface area contributed by atoms with Gasteiger partial charge >= 0.3 is 0 Å². The summed E-state index contributed by atoms with van der Waals surface area (Å²) in [5.74, 6) is 0.637. The molecular weight excluding hydrogens is 230 g/mol. The van der Waals surface area contributed by atoms with Gasteiger partial charge in [0.1, 0.15) is 5.82 Å². The summed E-state index contributed by atoms with van der Waals surface area (Å²) in [6.45, 7) is 2.56. The topological polar surface area (TPSA) is 84.1 Å². The minimum Gasteiger partial charge on any atom is -0.372 e. The van der Waals surface area contributed by atoms with E-state index in [-0.39, 0.29) is 11.8 Å². The van der Waals surface area contributed by atoms with Gasteiger partial charge in [-0.1, -0.05) is 0 Å². The number of amides is 1. The van der Waals surface area contributed by atoms with Gasteiger partial charge in [0, 0.05) is 19.5 Å². The summed E-state index contributed by atoms with van der Waals surface area (Å²) in [4.78, 5) is 21.9. The van der Waals surface area contributed by atoms with E-state index in [1.54, 1.807) is 12.4 Å². The molecule has 6 nitrogen and oxygen atoms in total. The van der Waals surface area contributed by atoms with Crippen LogP contribution in [0.3, 0.4) is 0 Å². The molecule has 0 aliphatic carbocycles. The summed E-state index contributed by atoms with van der Waals surface area (Å²) < 4.78 is 0. The molecule has 0 bridgehead atoms. The first kappa shape index (κ1) is 12.8. The molecule has 0 aromatic carbocycles. The van der Waals surface area contributed by atoms with Crippen molar-refractivity contribution in [3.8, 4) is 0 Å². The summed E-state index contributed by atoms with van der Waals surface area (Å²) in [5.41, 5.74) is 6.26. The summed E-state index contributed by atoms with van der Waals surface area (Å²) in [6.07, 6.45) is 5.20. The first-order chi connectivity index (χ1) is 8.69. The van der Waals surface area contributed by atoms with Crippen LogP contribution in [0, 0.1) is 5.92 Å². The molecular formula is C12H19N5O. The fourth-order valence-electron chi connectivity index (χ4n) is 2.17. The van der Waals surface area contributed by atoms with E-state index in [0.717, 1.165) is 44.0 Å². The Hall–Kier alpha value is -1.69. The molecule has 18 heavy (non-hydrogen) atoms. The number of likely N-dealkylation sites (tertiary alicyclic amines) is 1. The molecule has 98 valence electrons. The van der Waals surface area contributed by atoms with Crippen molar-refractivity contribution in [1.29, 1.82) is 0 Å². The number of primary amides is 1. The van der Waals surface area contributed by atoms with Crippen LogP contribution < -0.4 is 11.1 Å². The number of hydrogen-bond donors (Lipinski definition) is 2. The van der Waals surface area contributed by atoms with E-state index in [0.29, 0.717) is 0 Å². The van der Waals surface area contributed by atoms with Crippen LogP contribution >= 0.6 is 0 Å². The number of nitrogens with one attached hydrogen (secondary N) is 1. The van der Waals surface area contributed by atoms with Gasteiger partial charge < -0.3 is 11.1 Å². The van der Waals surface area contributed by atoms with Crippen molar-refractivity contribution in [2.75, 3.05) is 25.5 Å². The number of nitrogens with two attached hydrogens (primary N) is 1. The van der Waals surface area contributed by atoms with E-state index >= 15 is 0 Å². The van der Waals surface area contributed by atoms with Crippen LogP contribution in [0.15, 0.2) is 12.4 Å². The molecule has 0 spiro atoms. The maximum Gasteiger partial charge on any atom is 0.220 e. The molecule has 0 radical (unpaired) electrons. The molecule has 1 aromatic heterocycles. The highest BCUT2D eigenvalue weighted by Crippen LogP contribution is 2.18. The fraction of sp³-hybridized carbons (Fsp3) is 0.583. The van der Waals surface area contributed by atoms with Crippen LogP contribution in [0.4, 0.5) is 5.82 Å². The number of piperidine rings is 1. The average molecular weight is 249 g/mol. The highest BCUT2D eigenvalue weighted by Gasteiger charge is 2.23. The van der Waals surface area contributed by atoms with Gasteiger partial charge in [-0.15, -0.1) is 0 Å². The Labute approximate surface area is 107 Å². The highest BCUT2D eigenvalue weighted by atomic mass is 16.1. The van der Waals surface area contributed by atoms with E-state index in [2.05, 4.69) is 20.2 Å². The molecule has 1 amide bonds. The smallest absolute Gasteiger partial charge is 0.220 e. The second kappa shape index (κ2) is 5.77. The minimum absolute atomic E-state index is 0.0407. The molecule has 1 aliphatic heterocycles. The van der Waals surface area contributed by atoms with Gasteiger partial charge in [-0.05, 0) is 25.9 Å². The lowest BCUT2D eigenvalue weighted by Crippen LogP contribution is -2.38. The van der Waals surface area contributed by atoms with Crippen LogP contribution in [-0.2, 0) is 11.3 Å². The third-order valence-corrected chi connectivity index (χ3v) is 3.34. The van der Waals surface area contributed by atoms with Gasteiger partial charge in [0.05, 0.1) is 18.1 Å². The number of rotatable bonds is 4. The van der Waals surface area contributed by atoms with E-state index < -0.39 is 0 Å². The Morgan fingerprint density at radius 3 is 2.67 bits per heavy atom. The number of carbonyl (C=O) groups is 1. The van der Waals surface area contributed by atoms with Gasteiger partial charge in [0.15, 0.2) is 0 Å². The summed E-state index contributed by atoms with van der Waals surface area (Å²) in [6, 6.07) is 0. The van der Waals surface area contributed by atoms with E-state index in [9.17, 15) is 4.79 Å². The Morgan fingerprint density at radius 2 is 2.17 bits per heavy atom. The molecule has 0 unspecified atom stereocenters. The van der Waals surface area contributed by atoms with Crippen LogP contribution in [0.5, 0.6) is 0 Å². The van der Waals surface area contributed by atoms with Gasteiger partial charge in [-0.25, -0.2) is 4.98 Å². The third-order valence-electron chi connectivity index (χ3n) is 3.34. The first-order valence-corrected chi connectivity index (χ1v) is 6.19. The quantitative estimate of drug-likeness (QED) is 0.797. The normalized spacial score (nSPS) is 17.6. The van der Waals surface area contributed by atoms with Gasteiger partial charge in [-0.3, -0.25) is 14.7 Å². The first-order valence-electron chi connectivity index (χ1n) is 6.19. The van der Waals surface area contributed by atoms with Crippen molar-refractivity contribution in [2.24, 2.45) is 11.7 Å². The molecule has 1 fully saturated rings. The van der Waals surface area contributed by atoms with Crippen LogP contribution in [0.1, 0.15) is 18.5 Å². The Balaban J connectivity index is 1.85. The Bertz CT molecular complexity index is 397. The van der Waals surface area contributed by atoms with E-state index in [1.807, 2.05) is 7.05 Å². The molecule has 0 atom stereocenters. The van der Waals surface area contributed by atoms with Crippen molar-refractivity contribution in [1.82, 2.24) is 14.9 Å². The summed E-state index contributed by atoms with van der Waals surface area (Å²) >= 11 is 0. The molecule has 6 heteroatoms. The zero-order valence-electron chi connectivity index (χ0n) is 10.6. The zero-order valence-corrected chi connectivity index (χ0v) is 10.6. The Kier molecular flexibility index (Phi) is 4.09. The monoisotopic (exact) mass is 249 g/mol. The van der Waals surface area contributed by atoms with Crippen LogP contribution in [0.2, 0.25) is 0 Å². The lowest BCUT2D eigenvalue weighted by Gasteiger charge is -2.29. The molecule has 1 saturated heterocycles. The van der Waals surface area contributed by atoms with Crippen molar-refractivity contribution >= 4 is 11.7 Å². The predicted octanol–water partition coefficient (Wildman–Crippen LogP) is 0.216. The molecule has 1 aromatic rings. The standard InChI is InChI=1S/C12H19N5O/c1-14-11-7-15-10(6-16-11)8-17-4-2-9(3-5-17)12(13)18/h6-7,9H,2-5,8H2,1H3,(H2,13,18)(H,14,16). The molecule has 0 saturated carbocycles. The molecule has 2 heterocycles. The SMILES string of the molecule is CNc1cnc(CN2CCC(C(N)=O)CC2)cn1. The minimum atomic E-state index is -0.173. The number of anilines is 1. The lowest BCUT2D eigenvalue weighted by atomic mass is 9.96. The summed E-state index contributed by atoms with van der Waals surface area (Å²) in [7, 11) is 1.82. The average Bonchev–Trinajstić information content (AvgIpc) is 2.40. The Morgan fingerprint density at radius 1 is 1.44 bits per heavy atom. The summed E-state index contributed by atoms with van der Waals surface area (Å²) in [5, 5.41) is 2.94. The fourth-order valence-corrected chi connectivity index (χ4v) is 2.17.